The zero-order valence-corrected chi connectivity index (χ0v) is 13.0. The Bertz CT molecular complexity index is 579. The first-order valence-corrected chi connectivity index (χ1v) is 8.38. The van der Waals surface area contributed by atoms with Crippen molar-refractivity contribution in [1.82, 2.24) is 4.90 Å². The molecule has 1 aromatic carbocycles. The molecule has 1 saturated heterocycles. The summed E-state index contributed by atoms with van der Waals surface area (Å²) >= 11 is 5.85. The Morgan fingerprint density at radius 3 is 2.86 bits per heavy atom. The summed E-state index contributed by atoms with van der Waals surface area (Å²) in [6.07, 6.45) is 1.44. The van der Waals surface area contributed by atoms with Gasteiger partial charge in [-0.2, -0.15) is 0 Å². The number of benzene rings is 1. The second kappa shape index (κ2) is 7.04. The maximum Gasteiger partial charge on any atom is 0.235 e. The number of carbonyl (C=O) groups excluding carboxylic acids is 2. The van der Waals surface area contributed by atoms with Gasteiger partial charge in [-0.3, -0.25) is 13.8 Å². The molecule has 0 aliphatic carbocycles. The van der Waals surface area contributed by atoms with Crippen LogP contribution in [0, 0.1) is 5.92 Å². The van der Waals surface area contributed by atoms with Gasteiger partial charge in [0.25, 0.3) is 0 Å². The first kappa shape index (κ1) is 16.0. The Balaban J connectivity index is 1.97. The van der Waals surface area contributed by atoms with Gasteiger partial charge in [-0.05, 0) is 31.0 Å². The highest BCUT2D eigenvalue weighted by atomic mass is 35.5. The molecule has 1 aliphatic rings. The third kappa shape index (κ3) is 4.28. The van der Waals surface area contributed by atoms with Crippen molar-refractivity contribution in [3.8, 4) is 0 Å². The molecule has 2 N–H and O–H groups in total. The molecule has 2 amide bonds. The average molecular weight is 329 g/mol. The van der Waals surface area contributed by atoms with Gasteiger partial charge in [-0.15, -0.1) is 0 Å². The minimum Gasteiger partial charge on any atom is -0.369 e. The fraction of sp³-hybridized carbons (Fsp3) is 0.429. The molecule has 1 aromatic rings. The van der Waals surface area contributed by atoms with Gasteiger partial charge < -0.3 is 10.6 Å². The van der Waals surface area contributed by atoms with Crippen molar-refractivity contribution in [3.05, 3.63) is 29.3 Å². The van der Waals surface area contributed by atoms with E-state index in [1.807, 2.05) is 0 Å². The Kier molecular flexibility index (Phi) is 5.36. The summed E-state index contributed by atoms with van der Waals surface area (Å²) < 4.78 is 12.2. The van der Waals surface area contributed by atoms with Crippen molar-refractivity contribution in [2.24, 2.45) is 11.7 Å². The molecule has 0 saturated carbocycles. The van der Waals surface area contributed by atoms with E-state index in [1.165, 1.54) is 0 Å². The molecule has 0 radical (unpaired) electrons. The minimum absolute atomic E-state index is 0.105. The molecule has 114 valence electrons. The molecule has 1 heterocycles. The lowest BCUT2D eigenvalue weighted by Crippen LogP contribution is -2.45. The SMILES string of the molecule is NC(=O)[C@H]1CCCN(C(=O)C[S@](=O)c2cccc(Cl)c2)C1. The Hall–Kier alpha value is -1.40. The number of piperidine rings is 1. The number of amides is 2. The molecule has 0 unspecified atom stereocenters. The zero-order chi connectivity index (χ0) is 15.4. The monoisotopic (exact) mass is 328 g/mol. The van der Waals surface area contributed by atoms with E-state index in [9.17, 15) is 13.8 Å². The van der Waals surface area contributed by atoms with Crippen molar-refractivity contribution in [2.75, 3.05) is 18.8 Å². The molecule has 2 rings (SSSR count). The van der Waals surface area contributed by atoms with Gasteiger partial charge in [0.1, 0.15) is 5.75 Å². The molecule has 5 nitrogen and oxygen atoms in total. The maximum atomic E-state index is 12.2. The fourth-order valence-electron chi connectivity index (χ4n) is 2.33. The number of halogens is 1. The standard InChI is InChI=1S/C14H17ClN2O3S/c15-11-4-1-5-12(7-11)21(20)9-13(18)17-6-2-3-10(8-17)14(16)19/h1,4-5,7,10H,2-3,6,8-9H2,(H2,16,19)/t10-,21-/m0/s1. The summed E-state index contributed by atoms with van der Waals surface area (Å²) in [5.41, 5.74) is 5.29. The molecule has 0 aromatic heterocycles. The summed E-state index contributed by atoms with van der Waals surface area (Å²) in [6, 6.07) is 6.65. The summed E-state index contributed by atoms with van der Waals surface area (Å²) in [5.74, 6) is -1.02. The molecule has 0 bridgehead atoms. The van der Waals surface area contributed by atoms with Gasteiger partial charge in [0.2, 0.25) is 11.8 Å². The van der Waals surface area contributed by atoms with Crippen LogP contribution in [0.15, 0.2) is 29.2 Å². The number of hydrogen-bond donors (Lipinski definition) is 1. The van der Waals surface area contributed by atoms with E-state index in [4.69, 9.17) is 17.3 Å². The molecular formula is C14H17ClN2O3S. The van der Waals surface area contributed by atoms with E-state index in [1.54, 1.807) is 29.2 Å². The van der Waals surface area contributed by atoms with Crippen LogP contribution in [0.3, 0.4) is 0 Å². The van der Waals surface area contributed by atoms with Crippen LogP contribution in [-0.2, 0) is 20.4 Å². The van der Waals surface area contributed by atoms with Crippen molar-refractivity contribution < 1.29 is 13.8 Å². The minimum atomic E-state index is -1.44. The van der Waals surface area contributed by atoms with E-state index in [2.05, 4.69) is 0 Å². The van der Waals surface area contributed by atoms with Crippen molar-refractivity contribution >= 4 is 34.2 Å². The number of carbonyl (C=O) groups is 2. The summed E-state index contributed by atoms with van der Waals surface area (Å²) in [7, 11) is -1.44. The topological polar surface area (TPSA) is 80.5 Å². The molecule has 21 heavy (non-hydrogen) atoms. The molecule has 7 heteroatoms. The number of likely N-dealkylation sites (tertiary alicyclic amines) is 1. The number of primary amides is 1. The van der Waals surface area contributed by atoms with Crippen molar-refractivity contribution in [2.45, 2.75) is 17.7 Å². The largest absolute Gasteiger partial charge is 0.369 e. The van der Waals surface area contributed by atoms with Crippen LogP contribution in [0.1, 0.15) is 12.8 Å². The van der Waals surface area contributed by atoms with Crippen LogP contribution in [0.25, 0.3) is 0 Å². The lowest BCUT2D eigenvalue weighted by molar-refractivity contribution is -0.132. The van der Waals surface area contributed by atoms with E-state index in [0.29, 0.717) is 29.4 Å². The lowest BCUT2D eigenvalue weighted by atomic mass is 9.97. The van der Waals surface area contributed by atoms with Gasteiger partial charge in [0.15, 0.2) is 0 Å². The molecule has 0 spiro atoms. The highest BCUT2D eigenvalue weighted by Gasteiger charge is 2.27. The quantitative estimate of drug-likeness (QED) is 0.901. The second-order valence-electron chi connectivity index (χ2n) is 5.03. The first-order chi connectivity index (χ1) is 9.97. The van der Waals surface area contributed by atoms with E-state index < -0.39 is 10.8 Å². The molecular weight excluding hydrogens is 312 g/mol. The summed E-state index contributed by atoms with van der Waals surface area (Å²) in [6.45, 7) is 0.899. The normalized spacial score (nSPS) is 20.0. The van der Waals surface area contributed by atoms with E-state index in [0.717, 1.165) is 6.42 Å². The Morgan fingerprint density at radius 1 is 1.43 bits per heavy atom. The third-order valence-corrected chi connectivity index (χ3v) is 5.01. The van der Waals surface area contributed by atoms with Gasteiger partial charge >= 0.3 is 0 Å². The maximum absolute atomic E-state index is 12.2. The highest BCUT2D eigenvalue weighted by Crippen LogP contribution is 2.18. The predicted octanol–water partition coefficient (Wildman–Crippen LogP) is 1.17. The molecule has 1 aliphatic heterocycles. The number of nitrogens with two attached hydrogens (primary N) is 1. The van der Waals surface area contributed by atoms with Crippen LogP contribution in [0.5, 0.6) is 0 Å². The molecule has 1 fully saturated rings. The van der Waals surface area contributed by atoms with Gasteiger partial charge in [-0.1, -0.05) is 17.7 Å². The first-order valence-electron chi connectivity index (χ1n) is 6.68. The zero-order valence-electron chi connectivity index (χ0n) is 11.5. The van der Waals surface area contributed by atoms with Crippen molar-refractivity contribution in [1.29, 1.82) is 0 Å². The van der Waals surface area contributed by atoms with Crippen molar-refractivity contribution in [3.63, 3.8) is 0 Å². The third-order valence-electron chi connectivity index (χ3n) is 3.49. The fourth-order valence-corrected chi connectivity index (χ4v) is 3.65. The Morgan fingerprint density at radius 2 is 2.19 bits per heavy atom. The van der Waals surface area contributed by atoms with Gasteiger partial charge in [-0.25, -0.2) is 0 Å². The van der Waals surface area contributed by atoms with E-state index in [-0.39, 0.29) is 23.5 Å². The van der Waals surface area contributed by atoms with Crippen LogP contribution >= 0.6 is 11.6 Å². The number of nitrogens with zero attached hydrogens (tertiary/aromatic N) is 1. The predicted molar refractivity (Wildman–Crippen MR) is 81.2 cm³/mol. The second-order valence-corrected chi connectivity index (χ2v) is 6.92. The van der Waals surface area contributed by atoms with E-state index >= 15 is 0 Å². The Labute approximate surface area is 130 Å². The summed E-state index contributed by atoms with van der Waals surface area (Å²) in [5, 5.41) is 0.486. The van der Waals surface area contributed by atoms with Crippen LogP contribution in [0.2, 0.25) is 5.02 Å². The van der Waals surface area contributed by atoms with Gasteiger partial charge in [0, 0.05) is 23.0 Å². The highest BCUT2D eigenvalue weighted by molar-refractivity contribution is 7.85. The summed E-state index contributed by atoms with van der Waals surface area (Å²) in [4.78, 5) is 25.5. The number of hydrogen-bond acceptors (Lipinski definition) is 3. The average Bonchev–Trinajstić information content (AvgIpc) is 2.47. The number of rotatable bonds is 4. The lowest BCUT2D eigenvalue weighted by Gasteiger charge is -2.31. The smallest absolute Gasteiger partial charge is 0.235 e. The van der Waals surface area contributed by atoms with Crippen LogP contribution in [0.4, 0.5) is 0 Å². The van der Waals surface area contributed by atoms with Crippen LogP contribution in [-0.4, -0.2) is 39.8 Å². The molecule has 2 atom stereocenters. The van der Waals surface area contributed by atoms with Gasteiger partial charge in [0.05, 0.1) is 16.7 Å². The van der Waals surface area contributed by atoms with Crippen LogP contribution < -0.4 is 5.73 Å².